The number of likely N-dealkylation sites (tertiary alicyclic amines) is 1. The number of hydrogen-bond donors (Lipinski definition) is 0. The molecule has 3 aliphatic rings. The van der Waals surface area contributed by atoms with Crippen LogP contribution in [0.25, 0.3) is 6.08 Å². The first-order chi connectivity index (χ1) is 17.8. The van der Waals surface area contributed by atoms with Gasteiger partial charge in [0.05, 0.1) is 5.41 Å². The minimum absolute atomic E-state index is 0.0755. The molecule has 1 saturated heterocycles. The second kappa shape index (κ2) is 8.97. The van der Waals surface area contributed by atoms with Crippen LogP contribution in [0.15, 0.2) is 87.3 Å². The van der Waals surface area contributed by atoms with Gasteiger partial charge in [-0.2, -0.15) is 0 Å². The van der Waals surface area contributed by atoms with Gasteiger partial charge in [-0.1, -0.05) is 80.4 Å². The molecule has 2 spiro atoms. The van der Waals surface area contributed by atoms with Crippen LogP contribution in [0.2, 0.25) is 0 Å². The summed E-state index contributed by atoms with van der Waals surface area (Å²) < 4.78 is 1.91. The molecule has 2 atom stereocenters. The zero-order chi connectivity index (χ0) is 25.9. The van der Waals surface area contributed by atoms with Gasteiger partial charge < -0.3 is 0 Å². The maximum Gasteiger partial charge on any atom is 0.192 e. The lowest BCUT2D eigenvalue weighted by Crippen LogP contribution is -2.65. The molecule has 0 aromatic heterocycles. The molecule has 2 aliphatic carbocycles. The number of rotatable bonds is 2. The SMILES string of the molecule is CN1C[C@H](c2ccc(Br)cc2)[C@]2(CCC/C(=C\c3ccc(Br)cc3)C2=O)C12C(=O)c1ccccc1C2=O. The zero-order valence-electron chi connectivity index (χ0n) is 20.3. The fourth-order valence-corrected chi connectivity index (χ4v) is 7.54. The molecule has 0 N–H and O–H groups in total. The second-order valence-electron chi connectivity index (χ2n) is 10.3. The number of allylic oxidation sites excluding steroid dienone is 1. The first-order valence-corrected chi connectivity index (χ1v) is 14.1. The highest BCUT2D eigenvalue weighted by Crippen LogP contribution is 2.63. The van der Waals surface area contributed by atoms with Crippen molar-refractivity contribution in [3.05, 3.63) is 110 Å². The van der Waals surface area contributed by atoms with Crippen molar-refractivity contribution in [1.29, 1.82) is 0 Å². The van der Waals surface area contributed by atoms with E-state index in [1.165, 1.54) is 0 Å². The molecular weight excluding hydrogens is 594 g/mol. The van der Waals surface area contributed by atoms with Gasteiger partial charge in [0.2, 0.25) is 0 Å². The summed E-state index contributed by atoms with van der Waals surface area (Å²) >= 11 is 6.99. The van der Waals surface area contributed by atoms with E-state index in [-0.39, 0.29) is 23.3 Å². The highest BCUT2D eigenvalue weighted by molar-refractivity contribution is 9.10. The van der Waals surface area contributed by atoms with Crippen molar-refractivity contribution < 1.29 is 14.4 Å². The van der Waals surface area contributed by atoms with Gasteiger partial charge in [0, 0.05) is 32.5 Å². The Morgan fingerprint density at radius 3 is 1.97 bits per heavy atom. The van der Waals surface area contributed by atoms with Crippen LogP contribution >= 0.6 is 31.9 Å². The quantitative estimate of drug-likeness (QED) is 0.232. The summed E-state index contributed by atoms with van der Waals surface area (Å²) in [6, 6.07) is 22.8. The molecule has 1 heterocycles. The Labute approximate surface area is 233 Å². The molecule has 0 bridgehead atoms. The molecule has 3 aromatic carbocycles. The van der Waals surface area contributed by atoms with Crippen molar-refractivity contribution in [2.24, 2.45) is 5.41 Å². The average molecular weight is 619 g/mol. The normalized spacial score (nSPS) is 26.0. The van der Waals surface area contributed by atoms with Crippen molar-refractivity contribution in [2.75, 3.05) is 13.6 Å². The fourth-order valence-electron chi connectivity index (χ4n) is 7.02. The summed E-state index contributed by atoms with van der Waals surface area (Å²) in [4.78, 5) is 45.4. The standard InChI is InChI=1S/C31H25Br2NO3/c1-34-18-26(20-10-14-23(33)15-11-20)30(31(34)28(36)24-6-2-3-7-25(24)29(31)37)16-4-5-21(27(30)35)17-19-8-12-22(32)13-9-19/h2-3,6-15,17,26H,4-5,16,18H2,1H3/b21-17+/t26-,30+/m1/s1. The van der Waals surface area contributed by atoms with Crippen molar-refractivity contribution in [2.45, 2.75) is 30.7 Å². The fraction of sp³-hybridized carbons (Fsp3) is 0.258. The molecule has 0 amide bonds. The maximum atomic E-state index is 14.8. The molecule has 186 valence electrons. The molecule has 37 heavy (non-hydrogen) atoms. The van der Waals surface area contributed by atoms with Crippen LogP contribution in [-0.4, -0.2) is 41.4 Å². The summed E-state index contributed by atoms with van der Waals surface area (Å²) in [5, 5.41) is 0. The Kier molecular flexibility index (Phi) is 5.98. The van der Waals surface area contributed by atoms with Gasteiger partial charge in [0.25, 0.3) is 0 Å². The molecule has 1 aliphatic heterocycles. The first kappa shape index (κ1) is 24.7. The number of halogens is 2. The minimum Gasteiger partial charge on any atom is -0.294 e. The summed E-state index contributed by atoms with van der Waals surface area (Å²) in [5.41, 5.74) is 0.687. The molecule has 3 aromatic rings. The highest BCUT2D eigenvalue weighted by Gasteiger charge is 2.76. The molecule has 2 fully saturated rings. The average Bonchev–Trinajstić information content (AvgIpc) is 3.29. The molecule has 4 nitrogen and oxygen atoms in total. The van der Waals surface area contributed by atoms with E-state index in [4.69, 9.17) is 0 Å². The lowest BCUT2D eigenvalue weighted by atomic mass is 9.53. The van der Waals surface area contributed by atoms with Gasteiger partial charge in [-0.3, -0.25) is 19.3 Å². The van der Waals surface area contributed by atoms with Crippen molar-refractivity contribution in [1.82, 2.24) is 4.90 Å². The second-order valence-corrected chi connectivity index (χ2v) is 12.1. The molecule has 0 radical (unpaired) electrons. The van der Waals surface area contributed by atoms with E-state index in [0.717, 1.165) is 26.5 Å². The summed E-state index contributed by atoms with van der Waals surface area (Å²) in [7, 11) is 1.84. The number of ketones is 3. The monoisotopic (exact) mass is 617 g/mol. The number of hydrogen-bond acceptors (Lipinski definition) is 4. The highest BCUT2D eigenvalue weighted by atomic mass is 79.9. The van der Waals surface area contributed by atoms with E-state index in [9.17, 15) is 14.4 Å². The third kappa shape index (κ3) is 3.38. The Hall–Kier alpha value is -2.67. The van der Waals surface area contributed by atoms with E-state index < -0.39 is 11.0 Å². The van der Waals surface area contributed by atoms with Crippen LogP contribution in [0.5, 0.6) is 0 Å². The number of carbonyl (C=O) groups excluding carboxylic acids is 3. The molecule has 6 rings (SSSR count). The minimum atomic E-state index is -1.55. The Morgan fingerprint density at radius 2 is 1.38 bits per heavy atom. The van der Waals surface area contributed by atoms with E-state index in [1.807, 2.05) is 66.6 Å². The predicted molar refractivity (Wildman–Crippen MR) is 151 cm³/mol. The largest absolute Gasteiger partial charge is 0.294 e. The number of benzene rings is 3. The van der Waals surface area contributed by atoms with Crippen LogP contribution < -0.4 is 0 Å². The van der Waals surface area contributed by atoms with Gasteiger partial charge >= 0.3 is 0 Å². The third-order valence-corrected chi connectivity index (χ3v) is 9.60. The van der Waals surface area contributed by atoms with E-state index in [0.29, 0.717) is 36.1 Å². The lowest BCUT2D eigenvalue weighted by molar-refractivity contribution is -0.130. The van der Waals surface area contributed by atoms with E-state index >= 15 is 0 Å². The van der Waals surface area contributed by atoms with Crippen LogP contribution in [-0.2, 0) is 4.79 Å². The Balaban J connectivity index is 1.59. The number of carbonyl (C=O) groups is 3. The van der Waals surface area contributed by atoms with Crippen molar-refractivity contribution >= 4 is 55.3 Å². The van der Waals surface area contributed by atoms with Crippen molar-refractivity contribution in [3.8, 4) is 0 Å². The summed E-state index contributed by atoms with van der Waals surface area (Å²) in [6.45, 7) is 0.449. The number of fused-ring (bicyclic) bond motifs is 2. The summed E-state index contributed by atoms with van der Waals surface area (Å²) in [6.07, 6.45) is 3.78. The predicted octanol–water partition coefficient (Wildman–Crippen LogP) is 6.88. The lowest BCUT2D eigenvalue weighted by Gasteiger charge is -2.47. The molecule has 1 saturated carbocycles. The van der Waals surface area contributed by atoms with E-state index in [1.54, 1.807) is 24.3 Å². The smallest absolute Gasteiger partial charge is 0.192 e. The van der Waals surface area contributed by atoms with Crippen molar-refractivity contribution in [3.63, 3.8) is 0 Å². The Morgan fingerprint density at radius 1 is 0.811 bits per heavy atom. The van der Waals surface area contributed by atoms with Crippen LogP contribution in [0.3, 0.4) is 0 Å². The first-order valence-electron chi connectivity index (χ1n) is 12.5. The van der Waals surface area contributed by atoms with Crippen LogP contribution in [0.4, 0.5) is 0 Å². The van der Waals surface area contributed by atoms with Gasteiger partial charge in [-0.25, -0.2) is 0 Å². The van der Waals surface area contributed by atoms with E-state index in [2.05, 4.69) is 31.9 Å². The molecule has 0 unspecified atom stereocenters. The topological polar surface area (TPSA) is 54.5 Å². The van der Waals surface area contributed by atoms with Gasteiger partial charge in [0.1, 0.15) is 0 Å². The van der Waals surface area contributed by atoms with Crippen LogP contribution in [0.1, 0.15) is 57.0 Å². The number of nitrogens with zero attached hydrogens (tertiary/aromatic N) is 1. The summed E-state index contributed by atoms with van der Waals surface area (Å²) in [5.74, 6) is -0.857. The number of Topliss-reactive ketones (excluding diaryl/α,β-unsaturated/α-hetero) is 3. The third-order valence-electron chi connectivity index (χ3n) is 8.54. The molecule has 6 heteroatoms. The van der Waals surface area contributed by atoms with Gasteiger partial charge in [-0.15, -0.1) is 0 Å². The van der Waals surface area contributed by atoms with Gasteiger partial charge in [-0.05, 0) is 73.4 Å². The Bertz CT molecular complexity index is 1440. The molecular formula is C31H25Br2NO3. The maximum absolute atomic E-state index is 14.8. The van der Waals surface area contributed by atoms with Crippen LogP contribution in [0, 0.1) is 5.41 Å². The number of likely N-dealkylation sites (N-methyl/N-ethyl adjacent to an activating group) is 1. The van der Waals surface area contributed by atoms with Gasteiger partial charge in [0.15, 0.2) is 22.9 Å². The zero-order valence-corrected chi connectivity index (χ0v) is 23.5.